The number of carbonyl (C=O) groups is 1. The second kappa shape index (κ2) is 6.44. The third-order valence-electron chi connectivity index (χ3n) is 2.86. The number of hydrogen-bond donors (Lipinski definition) is 1. The van der Waals surface area contributed by atoms with Crippen molar-refractivity contribution in [1.29, 1.82) is 0 Å². The number of rotatable bonds is 7. The van der Waals surface area contributed by atoms with Gasteiger partial charge in [-0.05, 0) is 6.42 Å². The molecule has 0 saturated heterocycles. The summed E-state index contributed by atoms with van der Waals surface area (Å²) in [7, 11) is 0. The Hall–Kier alpha value is -1.49. The maximum absolute atomic E-state index is 11.9. The number of aromatic amines is 1. The molecule has 1 aromatic rings. The van der Waals surface area contributed by atoms with E-state index in [0.29, 0.717) is 0 Å². The van der Waals surface area contributed by atoms with Gasteiger partial charge in [0.05, 0.1) is 6.61 Å². The highest BCUT2D eigenvalue weighted by Crippen LogP contribution is 2.23. The van der Waals surface area contributed by atoms with Crippen LogP contribution in [0.4, 0.5) is 0 Å². The molecule has 0 radical (unpaired) electrons. The average Bonchev–Trinajstić information content (AvgIpc) is 2.31. The topological polar surface area (TPSA) is 72.0 Å². The first kappa shape index (κ1) is 14.6. The predicted molar refractivity (Wildman–Crippen MR) is 68.2 cm³/mol. The molecule has 0 aliphatic heterocycles. The number of ether oxygens (including phenoxy) is 1. The zero-order valence-electron chi connectivity index (χ0n) is 11.2. The third-order valence-corrected chi connectivity index (χ3v) is 2.86. The maximum Gasteiger partial charge on any atom is 0.344 e. The number of ketones is 1. The maximum atomic E-state index is 11.9. The molecule has 5 heteroatoms. The molecule has 18 heavy (non-hydrogen) atoms. The number of Topliss-reactive ketones (excluding diaryl/α,β-unsaturated/α-hetero) is 1. The lowest BCUT2D eigenvalue weighted by atomic mass is 9.84. The fraction of sp³-hybridized carbons (Fsp3) is 0.615. The van der Waals surface area contributed by atoms with Gasteiger partial charge in [-0.3, -0.25) is 4.79 Å². The van der Waals surface area contributed by atoms with E-state index >= 15 is 0 Å². The van der Waals surface area contributed by atoms with Gasteiger partial charge >= 0.3 is 5.69 Å². The van der Waals surface area contributed by atoms with E-state index in [-0.39, 0.29) is 30.1 Å². The molecule has 0 aliphatic rings. The van der Waals surface area contributed by atoms with Gasteiger partial charge in [0.2, 0.25) is 0 Å². The van der Waals surface area contributed by atoms with Gasteiger partial charge in [0.25, 0.3) is 0 Å². The van der Waals surface area contributed by atoms with Crippen molar-refractivity contribution >= 4 is 5.78 Å². The number of hydrogen-bond acceptors (Lipinski definition) is 4. The largest absolute Gasteiger partial charge is 0.369 e. The van der Waals surface area contributed by atoms with E-state index in [2.05, 4.69) is 16.9 Å². The van der Waals surface area contributed by atoms with Crippen molar-refractivity contribution in [2.45, 2.75) is 40.2 Å². The molecule has 0 fully saturated rings. The number of H-pyrrole nitrogens is 1. The summed E-state index contributed by atoms with van der Waals surface area (Å²) in [6.45, 7) is 6.29. The van der Waals surface area contributed by atoms with E-state index in [0.717, 1.165) is 18.4 Å². The molecule has 0 amide bonds. The molecule has 0 atom stereocenters. The van der Waals surface area contributed by atoms with Gasteiger partial charge in [-0.15, -0.1) is 0 Å². The standard InChI is InChI=1S/C13H20N2O3/c1-4-5-13(2,3)11(16)9-18-8-10-6-14-12(17)15-7-10/h6-7H,4-5,8-9H2,1-3H3,(H,14,15,17). The van der Waals surface area contributed by atoms with Crippen LogP contribution in [0.5, 0.6) is 0 Å². The van der Waals surface area contributed by atoms with Crippen LogP contribution in [0.25, 0.3) is 0 Å². The lowest BCUT2D eigenvalue weighted by molar-refractivity contribution is -0.132. The van der Waals surface area contributed by atoms with Crippen LogP contribution in [0.15, 0.2) is 17.2 Å². The highest BCUT2D eigenvalue weighted by Gasteiger charge is 2.25. The van der Waals surface area contributed by atoms with Crippen LogP contribution in [0.3, 0.4) is 0 Å². The molecular formula is C13H20N2O3. The SMILES string of the molecule is CCCC(C)(C)C(=O)COCc1cnc(=O)[nH]c1. The van der Waals surface area contributed by atoms with Gasteiger partial charge in [0.1, 0.15) is 6.61 Å². The fourth-order valence-electron chi connectivity index (χ4n) is 1.67. The summed E-state index contributed by atoms with van der Waals surface area (Å²) in [4.78, 5) is 28.7. The molecule has 1 N–H and O–H groups in total. The monoisotopic (exact) mass is 252 g/mol. The average molecular weight is 252 g/mol. The van der Waals surface area contributed by atoms with E-state index in [4.69, 9.17) is 4.74 Å². The van der Waals surface area contributed by atoms with E-state index < -0.39 is 0 Å². The molecule has 0 spiro atoms. The van der Waals surface area contributed by atoms with Gasteiger partial charge < -0.3 is 9.72 Å². The number of nitrogens with zero attached hydrogens (tertiary/aromatic N) is 1. The number of nitrogens with one attached hydrogen (secondary N) is 1. The molecule has 0 aromatic carbocycles. The second-order valence-electron chi connectivity index (χ2n) is 4.98. The Kier molecular flexibility index (Phi) is 5.22. The van der Waals surface area contributed by atoms with Crippen molar-refractivity contribution in [3.8, 4) is 0 Å². The van der Waals surface area contributed by atoms with Gasteiger partial charge in [-0.1, -0.05) is 27.2 Å². The van der Waals surface area contributed by atoms with Gasteiger partial charge in [0.15, 0.2) is 5.78 Å². The Labute approximate surface area is 107 Å². The highest BCUT2D eigenvalue weighted by molar-refractivity contribution is 5.85. The number of carbonyl (C=O) groups excluding carboxylic acids is 1. The zero-order chi connectivity index (χ0) is 13.6. The molecule has 5 nitrogen and oxygen atoms in total. The van der Waals surface area contributed by atoms with E-state index in [9.17, 15) is 9.59 Å². The summed E-state index contributed by atoms with van der Waals surface area (Å²) in [6.07, 6.45) is 4.81. The molecule has 0 saturated carbocycles. The first-order valence-corrected chi connectivity index (χ1v) is 6.10. The van der Waals surface area contributed by atoms with Gasteiger partial charge in [-0.25, -0.2) is 9.78 Å². The number of aromatic nitrogens is 2. The highest BCUT2D eigenvalue weighted by atomic mass is 16.5. The quantitative estimate of drug-likeness (QED) is 0.801. The summed E-state index contributed by atoms with van der Waals surface area (Å²) < 4.78 is 5.34. The van der Waals surface area contributed by atoms with E-state index in [1.54, 1.807) is 0 Å². The Morgan fingerprint density at radius 2 is 2.22 bits per heavy atom. The Morgan fingerprint density at radius 3 is 2.78 bits per heavy atom. The smallest absolute Gasteiger partial charge is 0.344 e. The summed E-state index contributed by atoms with van der Waals surface area (Å²) in [6, 6.07) is 0. The Bertz CT molecular complexity index is 431. The van der Waals surface area contributed by atoms with E-state index in [1.165, 1.54) is 12.4 Å². The lowest BCUT2D eigenvalue weighted by Crippen LogP contribution is -2.28. The summed E-state index contributed by atoms with van der Waals surface area (Å²) in [5.74, 6) is 0.0988. The Morgan fingerprint density at radius 1 is 1.50 bits per heavy atom. The minimum absolute atomic E-state index is 0.0894. The van der Waals surface area contributed by atoms with Crippen molar-refractivity contribution < 1.29 is 9.53 Å². The molecular weight excluding hydrogens is 232 g/mol. The van der Waals surface area contributed by atoms with Crippen molar-refractivity contribution in [2.75, 3.05) is 6.61 Å². The van der Waals surface area contributed by atoms with Crippen LogP contribution < -0.4 is 5.69 Å². The van der Waals surface area contributed by atoms with Crippen LogP contribution in [-0.2, 0) is 16.1 Å². The molecule has 1 aromatic heterocycles. The first-order chi connectivity index (χ1) is 8.45. The molecule has 100 valence electrons. The van der Waals surface area contributed by atoms with Crippen molar-refractivity contribution in [3.05, 3.63) is 28.4 Å². The van der Waals surface area contributed by atoms with Crippen molar-refractivity contribution in [1.82, 2.24) is 9.97 Å². The van der Waals surface area contributed by atoms with Crippen LogP contribution in [0, 0.1) is 5.41 Å². The van der Waals surface area contributed by atoms with E-state index in [1.807, 2.05) is 13.8 Å². The fourth-order valence-corrected chi connectivity index (χ4v) is 1.67. The van der Waals surface area contributed by atoms with Gasteiger partial charge in [-0.2, -0.15) is 0 Å². The van der Waals surface area contributed by atoms with Crippen LogP contribution in [0.1, 0.15) is 39.2 Å². The van der Waals surface area contributed by atoms with Crippen molar-refractivity contribution in [3.63, 3.8) is 0 Å². The minimum Gasteiger partial charge on any atom is -0.369 e. The molecule has 0 unspecified atom stereocenters. The zero-order valence-corrected chi connectivity index (χ0v) is 11.2. The molecule has 1 rings (SSSR count). The molecule has 0 aliphatic carbocycles. The summed E-state index contributed by atoms with van der Waals surface area (Å²) in [5.41, 5.74) is 0.0208. The van der Waals surface area contributed by atoms with Crippen LogP contribution >= 0.6 is 0 Å². The van der Waals surface area contributed by atoms with Crippen LogP contribution in [-0.4, -0.2) is 22.4 Å². The predicted octanol–water partition coefficient (Wildman–Crippen LogP) is 1.68. The summed E-state index contributed by atoms with van der Waals surface area (Å²) in [5, 5.41) is 0. The minimum atomic E-state index is -0.390. The lowest BCUT2D eigenvalue weighted by Gasteiger charge is -2.21. The Balaban J connectivity index is 2.40. The normalized spacial score (nSPS) is 11.5. The third kappa shape index (κ3) is 4.41. The first-order valence-electron chi connectivity index (χ1n) is 6.10. The molecule has 0 bridgehead atoms. The van der Waals surface area contributed by atoms with Crippen LogP contribution in [0.2, 0.25) is 0 Å². The second-order valence-corrected chi connectivity index (χ2v) is 4.98. The molecule has 1 heterocycles. The summed E-state index contributed by atoms with van der Waals surface area (Å²) >= 11 is 0. The van der Waals surface area contributed by atoms with Crippen molar-refractivity contribution in [2.24, 2.45) is 5.41 Å². The van der Waals surface area contributed by atoms with Gasteiger partial charge in [0, 0.05) is 23.4 Å².